The van der Waals surface area contributed by atoms with Crippen molar-refractivity contribution in [3.05, 3.63) is 42.5 Å². The van der Waals surface area contributed by atoms with Crippen LogP contribution in [0.4, 0.5) is 10.1 Å². The van der Waals surface area contributed by atoms with Crippen molar-refractivity contribution in [3.63, 3.8) is 0 Å². The number of nitrogens with zero attached hydrogens (tertiary/aromatic N) is 3. The van der Waals surface area contributed by atoms with Gasteiger partial charge in [-0.25, -0.2) is 9.37 Å². The molecule has 136 valence electrons. The molecule has 0 bridgehead atoms. The molecule has 0 saturated carbocycles. The molecule has 26 heavy (non-hydrogen) atoms. The van der Waals surface area contributed by atoms with Gasteiger partial charge in [0.05, 0.1) is 33.1 Å². The molecular formula is C19H20FN3O3. The monoisotopic (exact) mass is 357 g/mol. The summed E-state index contributed by atoms with van der Waals surface area (Å²) in [5, 5.41) is 0. The number of aromatic nitrogens is 2. The lowest BCUT2D eigenvalue weighted by Gasteiger charge is -2.28. The molecule has 2 aromatic heterocycles. The van der Waals surface area contributed by atoms with E-state index in [9.17, 15) is 4.39 Å². The van der Waals surface area contributed by atoms with Gasteiger partial charge in [0, 0.05) is 48.9 Å². The van der Waals surface area contributed by atoms with E-state index in [1.807, 2.05) is 22.9 Å². The molecule has 6 nitrogen and oxygen atoms in total. The van der Waals surface area contributed by atoms with Crippen LogP contribution in [0, 0.1) is 5.82 Å². The number of imidazole rings is 1. The van der Waals surface area contributed by atoms with Gasteiger partial charge >= 0.3 is 0 Å². The molecule has 1 saturated heterocycles. The van der Waals surface area contributed by atoms with E-state index in [0.29, 0.717) is 17.0 Å². The molecular weight excluding hydrogens is 337 g/mol. The summed E-state index contributed by atoms with van der Waals surface area (Å²) in [6, 6.07) is 7.01. The Kier molecular flexibility index (Phi) is 4.38. The maximum Gasteiger partial charge on any atom is 0.166 e. The lowest BCUT2D eigenvalue weighted by atomic mass is 10.1. The highest BCUT2D eigenvalue weighted by atomic mass is 19.1. The summed E-state index contributed by atoms with van der Waals surface area (Å²) in [5.41, 5.74) is 3.12. The predicted molar refractivity (Wildman–Crippen MR) is 96.7 cm³/mol. The fourth-order valence-electron chi connectivity index (χ4n) is 3.18. The standard InChI is InChI=1S/C19H20FN3O3/c1-24-17-11-18(25-2)15(20)10-14(17)16-12-23-4-3-13(9-19(23)21-16)22-5-7-26-8-6-22/h3-4,9-12H,5-8H2,1-2H3. The fourth-order valence-corrected chi connectivity index (χ4v) is 3.18. The van der Waals surface area contributed by atoms with Gasteiger partial charge in [-0.15, -0.1) is 0 Å². The Morgan fingerprint density at radius 1 is 1.08 bits per heavy atom. The van der Waals surface area contributed by atoms with E-state index in [2.05, 4.69) is 16.0 Å². The molecule has 3 heterocycles. The van der Waals surface area contributed by atoms with Crippen molar-refractivity contribution in [1.82, 2.24) is 9.38 Å². The van der Waals surface area contributed by atoms with E-state index in [1.165, 1.54) is 19.2 Å². The Balaban J connectivity index is 1.74. The van der Waals surface area contributed by atoms with Gasteiger partial charge in [-0.2, -0.15) is 0 Å². The van der Waals surface area contributed by atoms with E-state index in [1.54, 1.807) is 7.11 Å². The number of hydrogen-bond acceptors (Lipinski definition) is 5. The van der Waals surface area contributed by atoms with Crippen molar-refractivity contribution in [2.24, 2.45) is 0 Å². The number of halogens is 1. The third kappa shape index (κ3) is 2.94. The minimum Gasteiger partial charge on any atom is -0.496 e. The lowest BCUT2D eigenvalue weighted by molar-refractivity contribution is 0.122. The number of morpholine rings is 1. The van der Waals surface area contributed by atoms with Crippen molar-refractivity contribution in [2.75, 3.05) is 45.4 Å². The third-order valence-corrected chi connectivity index (χ3v) is 4.57. The van der Waals surface area contributed by atoms with Gasteiger partial charge in [0.1, 0.15) is 11.4 Å². The molecule has 7 heteroatoms. The zero-order chi connectivity index (χ0) is 18.1. The summed E-state index contributed by atoms with van der Waals surface area (Å²) in [7, 11) is 2.97. The first-order chi connectivity index (χ1) is 12.7. The smallest absolute Gasteiger partial charge is 0.166 e. The summed E-state index contributed by atoms with van der Waals surface area (Å²) in [4.78, 5) is 6.93. The topological polar surface area (TPSA) is 48.2 Å². The second-order valence-corrected chi connectivity index (χ2v) is 6.06. The molecule has 0 atom stereocenters. The van der Waals surface area contributed by atoms with Crippen molar-refractivity contribution in [2.45, 2.75) is 0 Å². The van der Waals surface area contributed by atoms with Crippen LogP contribution in [0.15, 0.2) is 36.7 Å². The first-order valence-electron chi connectivity index (χ1n) is 8.43. The Morgan fingerprint density at radius 3 is 2.58 bits per heavy atom. The first kappa shape index (κ1) is 16.7. The molecule has 1 aliphatic rings. The van der Waals surface area contributed by atoms with Crippen LogP contribution in [0.2, 0.25) is 0 Å². The SMILES string of the molecule is COc1cc(OC)c(-c2cn3ccc(N4CCOCC4)cc3n2)cc1F. The highest BCUT2D eigenvalue weighted by molar-refractivity contribution is 5.71. The number of ether oxygens (including phenoxy) is 3. The van der Waals surface area contributed by atoms with Crippen LogP contribution >= 0.6 is 0 Å². The maximum absolute atomic E-state index is 14.2. The van der Waals surface area contributed by atoms with Crippen molar-refractivity contribution < 1.29 is 18.6 Å². The summed E-state index contributed by atoms with van der Waals surface area (Å²) < 4.78 is 31.9. The van der Waals surface area contributed by atoms with Crippen molar-refractivity contribution in [1.29, 1.82) is 0 Å². The van der Waals surface area contributed by atoms with Crippen LogP contribution < -0.4 is 14.4 Å². The number of methoxy groups -OCH3 is 2. The molecule has 1 aliphatic heterocycles. The fraction of sp³-hybridized carbons (Fsp3) is 0.316. The van der Waals surface area contributed by atoms with Crippen LogP contribution in [0.5, 0.6) is 11.5 Å². The normalized spacial score (nSPS) is 14.7. The lowest BCUT2D eigenvalue weighted by Crippen LogP contribution is -2.36. The van der Waals surface area contributed by atoms with Gasteiger partial charge in [0.25, 0.3) is 0 Å². The number of fused-ring (bicyclic) bond motifs is 1. The molecule has 1 aromatic carbocycles. The first-order valence-corrected chi connectivity index (χ1v) is 8.43. The zero-order valence-corrected chi connectivity index (χ0v) is 14.7. The van der Waals surface area contributed by atoms with Crippen LogP contribution in [0.3, 0.4) is 0 Å². The maximum atomic E-state index is 14.2. The van der Waals surface area contributed by atoms with E-state index >= 15 is 0 Å². The number of pyridine rings is 1. The Labute approximate surface area is 150 Å². The minimum atomic E-state index is -0.450. The van der Waals surface area contributed by atoms with E-state index in [0.717, 1.165) is 37.6 Å². The van der Waals surface area contributed by atoms with Gasteiger partial charge < -0.3 is 23.5 Å². The van der Waals surface area contributed by atoms with E-state index in [-0.39, 0.29) is 5.75 Å². The number of hydrogen-bond donors (Lipinski definition) is 0. The van der Waals surface area contributed by atoms with Gasteiger partial charge in [-0.1, -0.05) is 0 Å². The third-order valence-electron chi connectivity index (χ3n) is 4.57. The number of anilines is 1. The summed E-state index contributed by atoms with van der Waals surface area (Å²) in [6.07, 6.45) is 3.82. The summed E-state index contributed by atoms with van der Waals surface area (Å²) in [5.74, 6) is 0.207. The molecule has 0 amide bonds. The Bertz CT molecular complexity index is 935. The molecule has 4 rings (SSSR count). The molecule has 1 fully saturated rings. The van der Waals surface area contributed by atoms with Gasteiger partial charge in [-0.05, 0) is 12.1 Å². The van der Waals surface area contributed by atoms with E-state index in [4.69, 9.17) is 14.2 Å². The zero-order valence-electron chi connectivity index (χ0n) is 14.7. The predicted octanol–water partition coefficient (Wildman–Crippen LogP) is 2.99. The second kappa shape index (κ2) is 6.84. The second-order valence-electron chi connectivity index (χ2n) is 6.06. The molecule has 0 aliphatic carbocycles. The molecule has 0 spiro atoms. The quantitative estimate of drug-likeness (QED) is 0.718. The molecule has 0 N–H and O–H groups in total. The van der Waals surface area contributed by atoms with Crippen LogP contribution in [0.25, 0.3) is 16.9 Å². The van der Waals surface area contributed by atoms with Gasteiger partial charge in [0.2, 0.25) is 0 Å². The largest absolute Gasteiger partial charge is 0.496 e. The van der Waals surface area contributed by atoms with Crippen LogP contribution in [0.1, 0.15) is 0 Å². The highest BCUT2D eigenvalue weighted by Gasteiger charge is 2.17. The van der Waals surface area contributed by atoms with E-state index < -0.39 is 5.82 Å². The van der Waals surface area contributed by atoms with Gasteiger partial charge in [0.15, 0.2) is 11.6 Å². The molecule has 0 radical (unpaired) electrons. The molecule has 3 aromatic rings. The van der Waals surface area contributed by atoms with Crippen molar-refractivity contribution in [3.8, 4) is 22.8 Å². The van der Waals surface area contributed by atoms with Crippen LogP contribution in [-0.2, 0) is 4.74 Å². The van der Waals surface area contributed by atoms with Crippen molar-refractivity contribution >= 4 is 11.3 Å². The summed E-state index contributed by atoms with van der Waals surface area (Å²) >= 11 is 0. The average molecular weight is 357 g/mol. The minimum absolute atomic E-state index is 0.143. The van der Waals surface area contributed by atoms with Gasteiger partial charge in [-0.3, -0.25) is 0 Å². The summed E-state index contributed by atoms with van der Waals surface area (Å²) in [6.45, 7) is 3.18. The average Bonchev–Trinajstić information content (AvgIpc) is 3.11. The number of benzene rings is 1. The van der Waals surface area contributed by atoms with Crippen LogP contribution in [-0.4, -0.2) is 49.9 Å². The highest BCUT2D eigenvalue weighted by Crippen LogP contribution is 2.35. The molecule has 0 unspecified atom stereocenters. The number of rotatable bonds is 4. The Morgan fingerprint density at radius 2 is 1.85 bits per heavy atom. The Hall–Kier alpha value is -2.80.